The van der Waals surface area contributed by atoms with E-state index < -0.39 is 18.8 Å². The lowest BCUT2D eigenvalue weighted by molar-refractivity contribution is -0.175. The Bertz CT molecular complexity index is 395. The molecule has 0 heterocycles. The van der Waals surface area contributed by atoms with E-state index >= 15 is 0 Å². The SMILES string of the molecule is NNC(COCC(F)(F)F)Cc1c(Cl)cccc1Cl. The highest BCUT2D eigenvalue weighted by atomic mass is 35.5. The van der Waals surface area contributed by atoms with Crippen molar-refractivity contribution in [1.82, 2.24) is 5.43 Å². The second-order valence-electron chi connectivity index (χ2n) is 3.90. The van der Waals surface area contributed by atoms with E-state index in [0.717, 1.165) is 0 Å². The summed E-state index contributed by atoms with van der Waals surface area (Å²) in [6, 6.07) is 4.46. The molecule has 0 aliphatic rings. The van der Waals surface area contributed by atoms with Gasteiger partial charge in [0.2, 0.25) is 0 Å². The maximum atomic E-state index is 11.9. The van der Waals surface area contributed by atoms with Crippen molar-refractivity contribution in [3.63, 3.8) is 0 Å². The van der Waals surface area contributed by atoms with Gasteiger partial charge in [-0.05, 0) is 24.1 Å². The summed E-state index contributed by atoms with van der Waals surface area (Å²) in [5.74, 6) is 5.27. The normalized spacial score (nSPS) is 13.6. The second kappa shape index (κ2) is 7.31. The van der Waals surface area contributed by atoms with Gasteiger partial charge in [0.1, 0.15) is 6.61 Å². The molecule has 0 radical (unpaired) electrons. The average Bonchev–Trinajstić information content (AvgIpc) is 2.30. The molecule has 1 aromatic rings. The Hall–Kier alpha value is -0.530. The molecule has 1 aromatic carbocycles. The van der Waals surface area contributed by atoms with Crippen molar-refractivity contribution >= 4 is 23.2 Å². The number of nitrogens with one attached hydrogen (secondary N) is 1. The van der Waals surface area contributed by atoms with Gasteiger partial charge in [-0.3, -0.25) is 11.3 Å². The molecule has 3 nitrogen and oxygen atoms in total. The molecular weight excluding hydrogens is 304 g/mol. The maximum absolute atomic E-state index is 11.9. The van der Waals surface area contributed by atoms with Crippen LogP contribution in [0.4, 0.5) is 13.2 Å². The first kappa shape index (κ1) is 16.5. The van der Waals surface area contributed by atoms with E-state index in [2.05, 4.69) is 10.2 Å². The van der Waals surface area contributed by atoms with Crippen LogP contribution in [-0.4, -0.2) is 25.4 Å². The van der Waals surface area contributed by atoms with Crippen molar-refractivity contribution < 1.29 is 17.9 Å². The number of hydrazine groups is 1. The van der Waals surface area contributed by atoms with Crippen LogP contribution in [0.1, 0.15) is 5.56 Å². The minimum atomic E-state index is -4.36. The predicted molar refractivity (Wildman–Crippen MR) is 68.2 cm³/mol. The molecule has 0 saturated carbocycles. The average molecular weight is 317 g/mol. The summed E-state index contributed by atoms with van der Waals surface area (Å²) >= 11 is 11.9. The van der Waals surface area contributed by atoms with E-state index in [-0.39, 0.29) is 13.0 Å². The molecule has 0 fully saturated rings. The number of halogens is 5. The Morgan fingerprint density at radius 2 is 1.84 bits per heavy atom. The number of hydrogen-bond acceptors (Lipinski definition) is 3. The first-order chi connectivity index (χ1) is 8.83. The molecule has 0 spiro atoms. The van der Waals surface area contributed by atoms with Gasteiger partial charge in [0.25, 0.3) is 0 Å². The Kier molecular flexibility index (Phi) is 6.35. The fourth-order valence-electron chi connectivity index (χ4n) is 1.46. The van der Waals surface area contributed by atoms with Crippen LogP contribution < -0.4 is 11.3 Å². The van der Waals surface area contributed by atoms with Gasteiger partial charge in [0.15, 0.2) is 0 Å². The molecule has 3 N–H and O–H groups in total. The summed E-state index contributed by atoms with van der Waals surface area (Å²) < 4.78 is 40.4. The molecule has 0 saturated heterocycles. The summed E-state index contributed by atoms with van der Waals surface area (Å²) in [5.41, 5.74) is 3.00. The number of benzene rings is 1. The van der Waals surface area contributed by atoms with Gasteiger partial charge in [0, 0.05) is 16.1 Å². The lowest BCUT2D eigenvalue weighted by Crippen LogP contribution is -2.41. The highest BCUT2D eigenvalue weighted by Crippen LogP contribution is 2.25. The van der Waals surface area contributed by atoms with E-state index in [4.69, 9.17) is 29.0 Å². The van der Waals surface area contributed by atoms with Crippen molar-refractivity contribution in [1.29, 1.82) is 0 Å². The van der Waals surface area contributed by atoms with Crippen LogP contribution in [0.5, 0.6) is 0 Å². The lowest BCUT2D eigenvalue weighted by Gasteiger charge is -2.18. The van der Waals surface area contributed by atoms with Crippen molar-refractivity contribution in [2.45, 2.75) is 18.6 Å². The Morgan fingerprint density at radius 3 is 2.32 bits per heavy atom. The summed E-state index contributed by atoms with van der Waals surface area (Å²) in [6.07, 6.45) is -4.09. The summed E-state index contributed by atoms with van der Waals surface area (Å²) in [6.45, 7) is -1.51. The molecule has 0 bridgehead atoms. The largest absolute Gasteiger partial charge is 0.411 e. The zero-order valence-corrected chi connectivity index (χ0v) is 11.3. The number of hydrogen-bond donors (Lipinski definition) is 2. The van der Waals surface area contributed by atoms with E-state index in [1.807, 2.05) is 0 Å². The van der Waals surface area contributed by atoms with Crippen LogP contribution in [0, 0.1) is 0 Å². The van der Waals surface area contributed by atoms with Crippen LogP contribution in [0.3, 0.4) is 0 Å². The maximum Gasteiger partial charge on any atom is 0.411 e. The molecule has 0 aromatic heterocycles. The van der Waals surface area contributed by atoms with Crippen LogP contribution >= 0.6 is 23.2 Å². The zero-order chi connectivity index (χ0) is 14.5. The minimum absolute atomic E-state index is 0.197. The predicted octanol–water partition coefficient (Wildman–Crippen LogP) is 2.95. The fourth-order valence-corrected chi connectivity index (χ4v) is 2.01. The van der Waals surface area contributed by atoms with E-state index in [0.29, 0.717) is 15.6 Å². The quantitative estimate of drug-likeness (QED) is 0.626. The molecule has 0 aliphatic heterocycles. The Morgan fingerprint density at radius 1 is 1.26 bits per heavy atom. The third kappa shape index (κ3) is 5.97. The van der Waals surface area contributed by atoms with E-state index in [1.54, 1.807) is 18.2 Å². The number of nitrogens with two attached hydrogens (primary N) is 1. The number of rotatable bonds is 6. The first-order valence-corrected chi connectivity index (χ1v) is 6.12. The number of ether oxygens (including phenoxy) is 1. The van der Waals surface area contributed by atoms with Gasteiger partial charge in [-0.25, -0.2) is 0 Å². The fraction of sp³-hybridized carbons (Fsp3) is 0.455. The lowest BCUT2D eigenvalue weighted by atomic mass is 10.1. The monoisotopic (exact) mass is 316 g/mol. The Balaban J connectivity index is 2.57. The summed E-state index contributed by atoms with van der Waals surface area (Å²) in [5, 5.41) is 0.868. The van der Waals surface area contributed by atoms with Gasteiger partial charge in [-0.15, -0.1) is 0 Å². The van der Waals surface area contributed by atoms with Crippen molar-refractivity contribution in [2.24, 2.45) is 5.84 Å². The third-order valence-electron chi connectivity index (χ3n) is 2.33. The zero-order valence-electron chi connectivity index (χ0n) is 9.81. The minimum Gasteiger partial charge on any atom is -0.370 e. The van der Waals surface area contributed by atoms with E-state index in [1.165, 1.54) is 0 Å². The highest BCUT2D eigenvalue weighted by Gasteiger charge is 2.28. The van der Waals surface area contributed by atoms with Gasteiger partial charge in [-0.1, -0.05) is 29.3 Å². The topological polar surface area (TPSA) is 47.3 Å². The van der Waals surface area contributed by atoms with Crippen LogP contribution in [0.2, 0.25) is 10.0 Å². The standard InChI is InChI=1S/C11H13Cl2F3N2O/c12-9-2-1-3-10(13)8(9)4-7(18-17)5-19-6-11(14,15)16/h1-3,7,18H,4-6,17H2. The van der Waals surface area contributed by atoms with Crippen LogP contribution in [0.25, 0.3) is 0 Å². The van der Waals surface area contributed by atoms with Crippen molar-refractivity contribution in [3.05, 3.63) is 33.8 Å². The molecule has 108 valence electrons. The Labute approximate surface area is 118 Å². The summed E-state index contributed by atoms with van der Waals surface area (Å²) in [7, 11) is 0. The molecule has 19 heavy (non-hydrogen) atoms. The van der Waals surface area contributed by atoms with Gasteiger partial charge in [0.05, 0.1) is 6.61 Å². The van der Waals surface area contributed by atoms with Gasteiger partial charge >= 0.3 is 6.18 Å². The molecule has 1 unspecified atom stereocenters. The van der Waals surface area contributed by atoms with E-state index in [9.17, 15) is 13.2 Å². The molecule has 8 heteroatoms. The second-order valence-corrected chi connectivity index (χ2v) is 4.71. The van der Waals surface area contributed by atoms with Gasteiger partial charge < -0.3 is 4.74 Å². The van der Waals surface area contributed by atoms with Crippen LogP contribution in [0.15, 0.2) is 18.2 Å². The molecule has 1 rings (SSSR count). The van der Waals surface area contributed by atoms with Crippen LogP contribution in [-0.2, 0) is 11.2 Å². The first-order valence-electron chi connectivity index (χ1n) is 5.37. The molecule has 1 atom stereocenters. The van der Waals surface area contributed by atoms with Crippen molar-refractivity contribution in [3.8, 4) is 0 Å². The smallest absolute Gasteiger partial charge is 0.370 e. The van der Waals surface area contributed by atoms with Gasteiger partial charge in [-0.2, -0.15) is 13.2 Å². The molecule has 0 amide bonds. The third-order valence-corrected chi connectivity index (χ3v) is 3.04. The van der Waals surface area contributed by atoms with Crippen molar-refractivity contribution in [2.75, 3.05) is 13.2 Å². The summed E-state index contributed by atoms with van der Waals surface area (Å²) in [4.78, 5) is 0. The number of alkyl halides is 3. The molecule has 0 aliphatic carbocycles. The molecular formula is C11H13Cl2F3N2O. The highest BCUT2D eigenvalue weighted by molar-refractivity contribution is 6.35.